The Kier molecular flexibility index (Phi) is 10.5. The van der Waals surface area contributed by atoms with Crippen LogP contribution >= 0.6 is 38.6 Å². The fourth-order valence-electron chi connectivity index (χ4n) is 5.35. The molecule has 0 aliphatic carbocycles. The topological polar surface area (TPSA) is 199 Å². The average Bonchev–Trinajstić information content (AvgIpc) is 4.08. The number of pyridine rings is 4. The highest BCUT2D eigenvalue weighted by atomic mass is 79.9. The normalized spacial score (nSPS) is 10.7. The number of aromatic amines is 2. The van der Waals surface area contributed by atoms with E-state index in [0.29, 0.717) is 17.5 Å². The number of hydrogen-bond acceptors (Lipinski definition) is 14. The number of thiophene rings is 2. The van der Waals surface area contributed by atoms with Gasteiger partial charge in [-0.05, 0) is 73.9 Å². The molecule has 0 unspecified atom stereocenters. The summed E-state index contributed by atoms with van der Waals surface area (Å²) in [5.41, 5.74) is 10.9. The molecule has 5 N–H and O–H groups in total. The maximum Gasteiger partial charge on any atom is 0.214 e. The number of fused-ring (bicyclic) bond motifs is 2. The molecule has 10 aromatic rings. The van der Waals surface area contributed by atoms with Crippen molar-refractivity contribution in [2.24, 2.45) is 0 Å². The van der Waals surface area contributed by atoms with E-state index in [4.69, 9.17) is 5.73 Å². The SMILES string of the molecule is Brc1cncc2sc(-c3nn[nH]n3)cc12.Nc1ccc(-c2ccccc2)cn1.c1ccc(-c2ccc(Nc3cncc4sc(-c5nn[nH]n5)cc34)nc2)cc1. The van der Waals surface area contributed by atoms with Crippen LogP contribution < -0.4 is 11.1 Å². The first-order chi connectivity index (χ1) is 27.1. The number of nitrogens with two attached hydrogens (primary N) is 1. The monoisotopic (exact) mass is 822 g/mol. The van der Waals surface area contributed by atoms with Crippen molar-refractivity contribution >= 4 is 76.1 Å². The van der Waals surface area contributed by atoms with Gasteiger partial charge in [0.05, 0.1) is 31.0 Å². The van der Waals surface area contributed by atoms with Crippen LogP contribution in [0.3, 0.4) is 0 Å². The molecule has 0 saturated carbocycles. The molecule has 0 amide bonds. The molecular formula is C38H27BrN14S2. The van der Waals surface area contributed by atoms with Gasteiger partial charge in [-0.25, -0.2) is 9.97 Å². The Morgan fingerprint density at radius 2 is 1.13 bits per heavy atom. The van der Waals surface area contributed by atoms with E-state index in [2.05, 4.69) is 101 Å². The van der Waals surface area contributed by atoms with Crippen molar-refractivity contribution in [1.29, 1.82) is 0 Å². The number of rotatable bonds is 6. The number of nitrogens with zero attached hydrogens (tertiary/aromatic N) is 10. The molecule has 0 aliphatic heterocycles. The summed E-state index contributed by atoms with van der Waals surface area (Å²) in [7, 11) is 0. The molecule has 0 fully saturated rings. The lowest BCUT2D eigenvalue weighted by molar-refractivity contribution is 0.881. The van der Waals surface area contributed by atoms with Crippen LogP contribution in [0.4, 0.5) is 17.3 Å². The number of tetrazole rings is 2. The van der Waals surface area contributed by atoms with Crippen LogP contribution in [0, 0.1) is 0 Å². The van der Waals surface area contributed by atoms with Crippen molar-refractivity contribution in [3.8, 4) is 43.7 Å². The summed E-state index contributed by atoms with van der Waals surface area (Å²) in [6.45, 7) is 0. The largest absolute Gasteiger partial charge is 0.384 e. The standard InChI is InChI=1S/C19H13N7S.C11H10N2.C8H4BrN5S/c1-2-4-12(5-3-1)13-6-7-18(21-9-13)22-15-10-20-11-17-14(15)8-16(27-17)19-23-25-26-24-19;12-11-7-6-10(8-13-11)9-4-2-1-3-5-9;9-5-2-10-3-7-4(5)1-6(15-7)8-11-13-14-12-8/h1-11H,(H,21,22)(H,23,24,25,26);1-8H,(H2,12,13);1-3H,(H,11,12,13,14). The summed E-state index contributed by atoms with van der Waals surface area (Å²) in [6.07, 6.45) is 10.9. The Morgan fingerprint density at radius 3 is 1.65 bits per heavy atom. The summed E-state index contributed by atoms with van der Waals surface area (Å²) >= 11 is 6.62. The zero-order valence-electron chi connectivity index (χ0n) is 28.4. The number of nitrogens with one attached hydrogen (secondary N) is 3. The first-order valence-corrected chi connectivity index (χ1v) is 18.9. The van der Waals surface area contributed by atoms with E-state index in [1.165, 1.54) is 0 Å². The molecule has 8 heterocycles. The van der Waals surface area contributed by atoms with Crippen LogP contribution in [0.1, 0.15) is 0 Å². The van der Waals surface area contributed by atoms with Gasteiger partial charge < -0.3 is 11.1 Å². The highest BCUT2D eigenvalue weighted by Gasteiger charge is 2.12. The number of H-pyrrole nitrogens is 2. The van der Waals surface area contributed by atoms with E-state index >= 15 is 0 Å². The lowest BCUT2D eigenvalue weighted by Gasteiger charge is -2.07. The number of hydrogen-bond donors (Lipinski definition) is 4. The average molecular weight is 824 g/mol. The second-order valence-electron chi connectivity index (χ2n) is 11.6. The van der Waals surface area contributed by atoms with Crippen molar-refractivity contribution < 1.29 is 0 Å². The lowest BCUT2D eigenvalue weighted by atomic mass is 10.1. The van der Waals surface area contributed by atoms with Crippen LogP contribution in [0.25, 0.3) is 63.8 Å². The molecule has 2 aromatic carbocycles. The van der Waals surface area contributed by atoms with Crippen LogP contribution in [0.2, 0.25) is 0 Å². The Hall–Kier alpha value is -6.82. The van der Waals surface area contributed by atoms with Crippen LogP contribution in [0.5, 0.6) is 0 Å². The summed E-state index contributed by atoms with van der Waals surface area (Å²) in [6, 6.07) is 32.1. The smallest absolute Gasteiger partial charge is 0.214 e. The Labute approximate surface area is 329 Å². The molecule has 0 spiro atoms. The molecule has 0 saturated heterocycles. The van der Waals surface area contributed by atoms with Crippen molar-refractivity contribution in [3.05, 3.63) is 139 Å². The predicted octanol–water partition coefficient (Wildman–Crippen LogP) is 8.85. The first-order valence-electron chi connectivity index (χ1n) is 16.5. The molecule has 55 heavy (non-hydrogen) atoms. The molecule has 0 aliphatic rings. The van der Waals surface area contributed by atoms with E-state index in [1.807, 2.05) is 97.5 Å². The van der Waals surface area contributed by atoms with E-state index in [-0.39, 0.29) is 0 Å². The van der Waals surface area contributed by atoms with Crippen molar-refractivity contribution in [1.82, 2.24) is 61.2 Å². The maximum absolute atomic E-state index is 5.49. The third kappa shape index (κ3) is 8.38. The van der Waals surface area contributed by atoms with Crippen molar-refractivity contribution in [2.45, 2.75) is 0 Å². The molecule has 268 valence electrons. The minimum atomic E-state index is 0.555. The van der Waals surface area contributed by atoms with Gasteiger partial charge in [-0.15, -0.1) is 43.1 Å². The van der Waals surface area contributed by atoms with Crippen molar-refractivity contribution in [3.63, 3.8) is 0 Å². The second kappa shape index (κ2) is 16.5. The third-order valence-electron chi connectivity index (χ3n) is 8.00. The minimum Gasteiger partial charge on any atom is -0.384 e. The van der Waals surface area contributed by atoms with E-state index in [9.17, 15) is 0 Å². The highest BCUT2D eigenvalue weighted by Crippen LogP contribution is 2.36. The zero-order chi connectivity index (χ0) is 37.4. The number of benzene rings is 2. The minimum absolute atomic E-state index is 0.555. The molecular weight excluding hydrogens is 797 g/mol. The van der Waals surface area contributed by atoms with Crippen LogP contribution in [-0.2, 0) is 0 Å². The van der Waals surface area contributed by atoms with Gasteiger partial charge in [0.15, 0.2) is 0 Å². The molecule has 0 bridgehead atoms. The number of halogens is 1. The Balaban J connectivity index is 0.000000129. The Morgan fingerprint density at radius 1 is 0.564 bits per heavy atom. The first kappa shape index (κ1) is 35.2. The number of aromatic nitrogens is 12. The van der Waals surface area contributed by atoms with Gasteiger partial charge in [0.25, 0.3) is 0 Å². The summed E-state index contributed by atoms with van der Waals surface area (Å²) in [4.78, 5) is 18.9. The Bertz CT molecular complexity index is 2740. The predicted molar refractivity (Wildman–Crippen MR) is 220 cm³/mol. The maximum atomic E-state index is 5.49. The molecule has 10 rings (SSSR count). The fourth-order valence-corrected chi connectivity index (χ4v) is 7.90. The molecule has 0 radical (unpaired) electrons. The fraction of sp³-hybridized carbons (Fsp3) is 0. The van der Waals surface area contributed by atoms with Gasteiger partial charge >= 0.3 is 0 Å². The van der Waals surface area contributed by atoms with E-state index in [0.717, 1.165) is 68.2 Å². The molecule has 14 nitrogen and oxygen atoms in total. The van der Waals surface area contributed by atoms with Crippen LogP contribution in [0.15, 0.2) is 139 Å². The molecule has 8 aromatic heterocycles. The number of nitrogen functional groups attached to an aromatic ring is 1. The molecule has 17 heteroatoms. The van der Waals surface area contributed by atoms with E-state index < -0.39 is 0 Å². The number of anilines is 3. The van der Waals surface area contributed by atoms with Gasteiger partial charge in [-0.1, -0.05) is 60.7 Å². The van der Waals surface area contributed by atoms with Crippen molar-refractivity contribution in [2.75, 3.05) is 11.1 Å². The van der Waals surface area contributed by atoms with Gasteiger partial charge in [0.2, 0.25) is 11.6 Å². The second-order valence-corrected chi connectivity index (χ2v) is 14.6. The highest BCUT2D eigenvalue weighted by molar-refractivity contribution is 9.10. The zero-order valence-corrected chi connectivity index (χ0v) is 31.7. The summed E-state index contributed by atoms with van der Waals surface area (Å²) in [5.74, 6) is 2.51. The molecule has 0 atom stereocenters. The third-order valence-corrected chi connectivity index (χ3v) is 10.8. The van der Waals surface area contributed by atoms with Gasteiger partial charge in [-0.3, -0.25) is 9.97 Å². The van der Waals surface area contributed by atoms with Gasteiger partial charge in [0, 0.05) is 57.4 Å². The summed E-state index contributed by atoms with van der Waals surface area (Å²) < 4.78 is 3.12. The van der Waals surface area contributed by atoms with Crippen LogP contribution in [-0.4, -0.2) is 61.2 Å². The van der Waals surface area contributed by atoms with Gasteiger partial charge in [0.1, 0.15) is 11.6 Å². The van der Waals surface area contributed by atoms with Gasteiger partial charge in [-0.2, -0.15) is 10.4 Å². The lowest BCUT2D eigenvalue weighted by Crippen LogP contribution is -1.94. The quantitative estimate of drug-likeness (QED) is 0.124. The summed E-state index contributed by atoms with van der Waals surface area (Å²) in [5, 5.41) is 33.6. The van der Waals surface area contributed by atoms with E-state index in [1.54, 1.807) is 41.3 Å².